The molecule has 0 aromatic heterocycles. The highest BCUT2D eigenvalue weighted by Crippen LogP contribution is 2.47. The van der Waals surface area contributed by atoms with Gasteiger partial charge in [-0.3, -0.25) is 19.2 Å². The van der Waals surface area contributed by atoms with E-state index in [1.54, 1.807) is 0 Å². The Morgan fingerprint density at radius 1 is 0.729 bits per heavy atom. The van der Waals surface area contributed by atoms with Crippen LogP contribution in [-0.4, -0.2) is 70.7 Å². The molecule has 0 aromatic carbocycles. The number of hydrogen-bond acceptors (Lipinski definition) is 10. The lowest BCUT2D eigenvalue weighted by molar-refractivity contribution is -0.166. The summed E-state index contributed by atoms with van der Waals surface area (Å²) in [6.45, 7) is 18.6. The number of rotatable bonds is 12. The van der Waals surface area contributed by atoms with E-state index in [2.05, 4.69) is 64.2 Å². The number of hydrogen-bond donors (Lipinski definition) is 2. The third kappa shape index (κ3) is 12.2. The monoisotopic (exact) mass is 823 g/mol. The van der Waals surface area contributed by atoms with Gasteiger partial charge in [0.1, 0.15) is 24.4 Å². The summed E-state index contributed by atoms with van der Waals surface area (Å²) in [5.41, 5.74) is 2.06. The van der Waals surface area contributed by atoms with E-state index in [1.807, 2.05) is 34.6 Å². The smallest absolute Gasteiger partial charge is 0.311 e. The quantitative estimate of drug-likeness (QED) is 0.145. The van der Waals surface area contributed by atoms with Gasteiger partial charge in [0, 0.05) is 24.7 Å². The number of ether oxygens (including phenoxy) is 4. The van der Waals surface area contributed by atoms with Gasteiger partial charge in [-0.05, 0) is 112 Å². The van der Waals surface area contributed by atoms with Crippen molar-refractivity contribution in [2.75, 3.05) is 0 Å². The fourth-order valence-electron chi connectivity index (χ4n) is 10.1. The van der Waals surface area contributed by atoms with E-state index in [9.17, 15) is 29.4 Å². The first-order chi connectivity index (χ1) is 27.9. The highest BCUT2D eigenvalue weighted by Gasteiger charge is 2.44. The Kier molecular flexibility index (Phi) is 16.3. The normalized spacial score (nSPS) is 37.2. The summed E-state index contributed by atoms with van der Waals surface area (Å²) < 4.78 is 23.1. The second-order valence-corrected chi connectivity index (χ2v) is 19.6. The van der Waals surface area contributed by atoms with Gasteiger partial charge in [0.15, 0.2) is 0 Å². The molecule has 0 bridgehead atoms. The molecule has 0 saturated carbocycles. The Labute approximate surface area is 353 Å². The Bertz CT molecular complexity index is 1610. The van der Waals surface area contributed by atoms with Crippen molar-refractivity contribution in [2.24, 2.45) is 58.7 Å². The second-order valence-electron chi connectivity index (χ2n) is 19.6. The van der Waals surface area contributed by atoms with Crippen LogP contribution in [0.1, 0.15) is 139 Å². The van der Waals surface area contributed by atoms with Crippen molar-refractivity contribution in [3.8, 4) is 0 Å². The Hall–Kier alpha value is -3.24. The lowest BCUT2D eigenvalue weighted by atomic mass is 9.65. The topological polar surface area (TPSA) is 146 Å². The molecule has 0 spiro atoms. The average Bonchev–Trinajstić information content (AvgIpc) is 3.16. The van der Waals surface area contributed by atoms with Gasteiger partial charge >= 0.3 is 23.9 Å². The van der Waals surface area contributed by atoms with Crippen LogP contribution < -0.4 is 0 Å². The van der Waals surface area contributed by atoms with Crippen molar-refractivity contribution in [3.63, 3.8) is 0 Å². The molecule has 0 aromatic rings. The molecule has 2 saturated heterocycles. The first-order valence-electron chi connectivity index (χ1n) is 22.8. The first kappa shape index (κ1) is 46.8. The average molecular weight is 823 g/mol. The largest absolute Gasteiger partial charge is 0.462 e. The molecule has 2 aliphatic heterocycles. The van der Waals surface area contributed by atoms with Gasteiger partial charge in [0.2, 0.25) is 0 Å². The standard InChI is InChI=1S/C25H38O5.C24H36O5/c1-6-25(4,5)24(28)30-21-12-15(2)11-17-8-7-16(3)20(23(17)21)10-9-19-13-18(26)14-22(27)29-19;1-5-15(3)24(27)29-21-11-14(2)10-17-7-6-16(4)20(23(17)21)9-8-19-12-18(25)13-22(26)28-19/h7-8,11,15-16,18-21,23,26H,6,9-10,12-14H2,1-5H3;6-7,10,14-16,18-21,23,25H,5,8-9,11-13H2,1-4H3/t15-,16-,18+,19+,20-,21-,23-;14-,15-,16-,18+,19+,20-,21-,23-/m00/s1. The van der Waals surface area contributed by atoms with Crippen LogP contribution in [0, 0.1) is 58.7 Å². The predicted octanol–water partition coefficient (Wildman–Crippen LogP) is 8.78. The lowest BCUT2D eigenvalue weighted by Gasteiger charge is -2.44. The lowest BCUT2D eigenvalue weighted by Crippen LogP contribution is -2.43. The maximum Gasteiger partial charge on any atom is 0.311 e. The molecule has 0 radical (unpaired) electrons. The zero-order valence-corrected chi connectivity index (χ0v) is 37.3. The molecule has 6 rings (SSSR count). The summed E-state index contributed by atoms with van der Waals surface area (Å²) >= 11 is 0. The van der Waals surface area contributed by atoms with Gasteiger partial charge in [-0.15, -0.1) is 0 Å². The van der Waals surface area contributed by atoms with E-state index in [-0.39, 0.29) is 78.9 Å². The zero-order valence-electron chi connectivity index (χ0n) is 37.3. The fourth-order valence-corrected chi connectivity index (χ4v) is 10.1. The number of carbonyl (C=O) groups excluding carboxylic acids is 4. The van der Waals surface area contributed by atoms with Gasteiger partial charge < -0.3 is 29.2 Å². The summed E-state index contributed by atoms with van der Waals surface area (Å²) in [6.07, 6.45) is 19.3. The molecule has 330 valence electrons. The first-order valence-corrected chi connectivity index (χ1v) is 22.8. The number of aliphatic hydroxyl groups excluding tert-OH is 2. The molecule has 2 fully saturated rings. The minimum atomic E-state index is -0.601. The maximum atomic E-state index is 12.9. The van der Waals surface area contributed by atoms with Crippen molar-refractivity contribution in [2.45, 2.75) is 176 Å². The van der Waals surface area contributed by atoms with Crippen molar-refractivity contribution in [1.29, 1.82) is 0 Å². The van der Waals surface area contributed by atoms with Gasteiger partial charge in [-0.25, -0.2) is 0 Å². The molecular formula is C49H74O10. The van der Waals surface area contributed by atoms with E-state index in [1.165, 1.54) is 11.1 Å². The number of fused-ring (bicyclic) bond motifs is 2. The van der Waals surface area contributed by atoms with Crippen LogP contribution >= 0.6 is 0 Å². The highest BCUT2D eigenvalue weighted by atomic mass is 16.6. The third-order valence-corrected chi connectivity index (χ3v) is 14.3. The van der Waals surface area contributed by atoms with E-state index < -0.39 is 17.6 Å². The van der Waals surface area contributed by atoms with E-state index in [0.29, 0.717) is 48.3 Å². The summed E-state index contributed by atoms with van der Waals surface area (Å²) in [5.74, 6) is 1.53. The number of cyclic esters (lactones) is 2. The van der Waals surface area contributed by atoms with Gasteiger partial charge in [-0.1, -0.05) is 84.9 Å². The molecule has 6 aliphatic rings. The van der Waals surface area contributed by atoms with Gasteiger partial charge in [0.05, 0.1) is 36.4 Å². The van der Waals surface area contributed by atoms with E-state index in [4.69, 9.17) is 18.9 Å². The summed E-state index contributed by atoms with van der Waals surface area (Å²) in [5, 5.41) is 19.8. The molecule has 4 aliphatic carbocycles. The zero-order chi connectivity index (χ0) is 43.2. The van der Waals surface area contributed by atoms with Crippen molar-refractivity contribution < 1.29 is 48.3 Å². The third-order valence-electron chi connectivity index (χ3n) is 14.3. The van der Waals surface area contributed by atoms with Crippen LogP contribution in [0.2, 0.25) is 0 Å². The minimum absolute atomic E-state index is 0.0854. The summed E-state index contributed by atoms with van der Waals surface area (Å²) in [6, 6.07) is 0. The number of esters is 4. The Morgan fingerprint density at radius 3 is 1.58 bits per heavy atom. The predicted molar refractivity (Wildman–Crippen MR) is 226 cm³/mol. The molecule has 0 unspecified atom stereocenters. The van der Waals surface area contributed by atoms with Crippen LogP contribution in [0.3, 0.4) is 0 Å². The molecule has 2 heterocycles. The van der Waals surface area contributed by atoms with Crippen molar-refractivity contribution in [1.82, 2.24) is 0 Å². The minimum Gasteiger partial charge on any atom is -0.462 e. The van der Waals surface area contributed by atoms with Crippen LogP contribution in [0.5, 0.6) is 0 Å². The number of carbonyl (C=O) groups is 4. The molecule has 15 atom stereocenters. The van der Waals surface area contributed by atoms with Gasteiger partial charge in [0.25, 0.3) is 0 Å². The maximum absolute atomic E-state index is 12.9. The SMILES string of the molecule is CCC(C)(C)C(=O)O[C@H]1C[C@@H](C)C=C2C=C[C@H](C)[C@H](CC[C@@H]3C[C@@H](O)CC(=O)O3)[C@H]21.CC[C@H](C)C(=O)O[C@H]1C[C@@H](C)C=C2C=C[C@H](C)[C@H](CC[C@@H]3C[C@@H](O)CC(=O)O3)[C@H]21. The molecule has 2 N–H and O–H groups in total. The number of allylic oxidation sites excluding steroid dienone is 6. The molecule has 10 heteroatoms. The molecule has 0 amide bonds. The molecular weight excluding hydrogens is 749 g/mol. The van der Waals surface area contributed by atoms with E-state index in [0.717, 1.165) is 51.4 Å². The second kappa shape index (κ2) is 20.5. The van der Waals surface area contributed by atoms with Crippen LogP contribution in [0.4, 0.5) is 0 Å². The molecule has 59 heavy (non-hydrogen) atoms. The van der Waals surface area contributed by atoms with Crippen LogP contribution in [0.25, 0.3) is 0 Å². The summed E-state index contributed by atoms with van der Waals surface area (Å²) in [4.78, 5) is 48.8. The summed E-state index contributed by atoms with van der Waals surface area (Å²) in [7, 11) is 0. The van der Waals surface area contributed by atoms with Crippen molar-refractivity contribution in [3.05, 3.63) is 47.6 Å². The fraction of sp³-hybridized carbons (Fsp3) is 0.755. The van der Waals surface area contributed by atoms with Crippen molar-refractivity contribution >= 4 is 23.9 Å². The van der Waals surface area contributed by atoms with Crippen LogP contribution in [0.15, 0.2) is 47.6 Å². The molecule has 10 nitrogen and oxygen atoms in total. The Morgan fingerprint density at radius 2 is 1.17 bits per heavy atom. The van der Waals surface area contributed by atoms with Gasteiger partial charge in [-0.2, -0.15) is 0 Å². The number of aliphatic hydroxyl groups is 2. The van der Waals surface area contributed by atoms with E-state index >= 15 is 0 Å². The Balaban J connectivity index is 0.000000224. The highest BCUT2D eigenvalue weighted by molar-refractivity contribution is 5.76. The van der Waals surface area contributed by atoms with Crippen LogP contribution in [-0.2, 0) is 38.1 Å².